The van der Waals surface area contributed by atoms with E-state index in [0.29, 0.717) is 16.1 Å². The van der Waals surface area contributed by atoms with Gasteiger partial charge >= 0.3 is 0 Å². The zero-order valence-electron chi connectivity index (χ0n) is 13.0. The number of hydrogen-bond acceptors (Lipinski definition) is 3. The van der Waals surface area contributed by atoms with Crippen molar-refractivity contribution in [1.82, 2.24) is 14.7 Å². The molecule has 0 bridgehead atoms. The Morgan fingerprint density at radius 1 is 1.13 bits per heavy atom. The fourth-order valence-corrected chi connectivity index (χ4v) is 3.42. The van der Waals surface area contributed by atoms with E-state index in [1.54, 1.807) is 6.07 Å². The number of likely N-dealkylation sites (N-methyl/N-ethyl adjacent to an activating group) is 1. The summed E-state index contributed by atoms with van der Waals surface area (Å²) < 4.78 is 2.00. The molecule has 1 aliphatic carbocycles. The average molecular weight is 326 g/mol. The van der Waals surface area contributed by atoms with E-state index in [9.17, 15) is 4.79 Å². The molecule has 116 valence electrons. The maximum absolute atomic E-state index is 12.9. The van der Waals surface area contributed by atoms with Crippen molar-refractivity contribution in [3.8, 4) is 11.3 Å². The van der Waals surface area contributed by atoms with Gasteiger partial charge in [-0.2, -0.15) is 5.10 Å². The third kappa shape index (κ3) is 2.10. The van der Waals surface area contributed by atoms with Crippen LogP contribution in [0.3, 0.4) is 0 Å². The predicted molar refractivity (Wildman–Crippen MR) is 92.2 cm³/mol. The number of aromatic nitrogens is 2. The second-order valence-corrected chi connectivity index (χ2v) is 6.47. The summed E-state index contributed by atoms with van der Waals surface area (Å²) >= 11 is 6.34. The first-order valence-corrected chi connectivity index (χ1v) is 7.93. The molecular formula is C18H16ClN3O. The first-order valence-electron chi connectivity index (χ1n) is 7.56. The Morgan fingerprint density at radius 3 is 2.61 bits per heavy atom. The Kier molecular flexibility index (Phi) is 3.25. The summed E-state index contributed by atoms with van der Waals surface area (Å²) in [5.74, 6) is -0.0177. The summed E-state index contributed by atoms with van der Waals surface area (Å²) in [5, 5.41) is 6.08. The van der Waals surface area contributed by atoms with Gasteiger partial charge < -0.3 is 4.90 Å². The van der Waals surface area contributed by atoms with Gasteiger partial charge in [-0.1, -0.05) is 35.9 Å². The van der Waals surface area contributed by atoms with Gasteiger partial charge in [-0.3, -0.25) is 9.48 Å². The van der Waals surface area contributed by atoms with Crippen molar-refractivity contribution >= 4 is 28.3 Å². The number of benzene rings is 2. The zero-order valence-corrected chi connectivity index (χ0v) is 13.8. The molecule has 4 nitrogen and oxygen atoms in total. The van der Waals surface area contributed by atoms with Gasteiger partial charge in [-0.25, -0.2) is 0 Å². The molecule has 0 saturated heterocycles. The average Bonchev–Trinajstić information content (AvgIpc) is 2.90. The van der Waals surface area contributed by atoms with Crippen LogP contribution in [0.25, 0.3) is 22.2 Å². The lowest BCUT2D eigenvalue weighted by atomic mass is 9.87. The minimum absolute atomic E-state index is 0.0177. The Hall–Kier alpha value is -2.17. The molecule has 0 aliphatic heterocycles. The number of rotatable bonds is 3. The molecule has 0 amide bonds. The number of nitrogens with zero attached hydrogens (tertiary/aromatic N) is 3. The summed E-state index contributed by atoms with van der Waals surface area (Å²) in [4.78, 5) is 15.0. The molecule has 1 aliphatic rings. The van der Waals surface area contributed by atoms with E-state index in [1.165, 1.54) is 0 Å². The first kappa shape index (κ1) is 14.4. The summed E-state index contributed by atoms with van der Waals surface area (Å²) in [5.41, 5.74) is 4.03. The standard InChI is InChI=1S/C18H16ClN3O/c1-21(2)9-10-22-17-11-5-3-4-6-12(11)18(23)15-13(19)7-8-14(20-22)16(15)17/h3-8H,9-10H2,1-2H3. The molecule has 1 aromatic heterocycles. The summed E-state index contributed by atoms with van der Waals surface area (Å²) in [6.45, 7) is 1.64. The minimum atomic E-state index is -0.0177. The van der Waals surface area contributed by atoms with Crippen LogP contribution in [0.5, 0.6) is 0 Å². The molecule has 0 unspecified atom stereocenters. The van der Waals surface area contributed by atoms with E-state index >= 15 is 0 Å². The van der Waals surface area contributed by atoms with Crippen LogP contribution in [0.1, 0.15) is 15.9 Å². The molecule has 23 heavy (non-hydrogen) atoms. The van der Waals surface area contributed by atoms with Crippen molar-refractivity contribution in [1.29, 1.82) is 0 Å². The van der Waals surface area contributed by atoms with Crippen LogP contribution in [-0.4, -0.2) is 41.1 Å². The highest BCUT2D eigenvalue weighted by Gasteiger charge is 2.30. The number of fused-ring (bicyclic) bond motifs is 2. The van der Waals surface area contributed by atoms with Crippen LogP contribution in [0, 0.1) is 0 Å². The van der Waals surface area contributed by atoms with Gasteiger partial charge in [-0.05, 0) is 26.2 Å². The highest BCUT2D eigenvalue weighted by atomic mass is 35.5. The fraction of sp³-hybridized carbons (Fsp3) is 0.222. The van der Waals surface area contributed by atoms with E-state index in [-0.39, 0.29) is 5.78 Å². The Morgan fingerprint density at radius 2 is 1.87 bits per heavy atom. The number of halogens is 1. The monoisotopic (exact) mass is 325 g/mol. The summed E-state index contributed by atoms with van der Waals surface area (Å²) in [7, 11) is 4.07. The van der Waals surface area contributed by atoms with E-state index in [1.807, 2.05) is 49.1 Å². The topological polar surface area (TPSA) is 38.1 Å². The fourth-order valence-electron chi connectivity index (χ4n) is 3.17. The third-order valence-corrected chi connectivity index (χ3v) is 4.58. The van der Waals surface area contributed by atoms with Crippen molar-refractivity contribution in [3.63, 3.8) is 0 Å². The maximum Gasteiger partial charge on any atom is 0.195 e. The number of ketones is 1. The number of carbonyl (C=O) groups is 1. The molecule has 0 N–H and O–H groups in total. The molecule has 3 aromatic rings. The van der Waals surface area contributed by atoms with Crippen LogP contribution >= 0.6 is 11.6 Å². The second-order valence-electron chi connectivity index (χ2n) is 6.07. The second kappa shape index (κ2) is 5.18. The van der Waals surface area contributed by atoms with Crippen molar-refractivity contribution in [3.05, 3.63) is 52.5 Å². The molecular weight excluding hydrogens is 310 g/mol. The molecule has 0 radical (unpaired) electrons. The summed E-state index contributed by atoms with van der Waals surface area (Å²) in [6.07, 6.45) is 0. The van der Waals surface area contributed by atoms with Crippen molar-refractivity contribution in [2.24, 2.45) is 0 Å². The zero-order chi connectivity index (χ0) is 16.1. The smallest absolute Gasteiger partial charge is 0.195 e. The lowest BCUT2D eigenvalue weighted by Gasteiger charge is -2.19. The van der Waals surface area contributed by atoms with Crippen molar-refractivity contribution in [2.45, 2.75) is 6.54 Å². The molecule has 0 fully saturated rings. The normalized spacial score (nSPS) is 13.0. The lowest BCUT2D eigenvalue weighted by Crippen LogP contribution is -2.20. The van der Waals surface area contributed by atoms with Crippen molar-refractivity contribution in [2.75, 3.05) is 20.6 Å². The van der Waals surface area contributed by atoms with Gasteiger partial charge in [0.1, 0.15) is 0 Å². The first-order chi connectivity index (χ1) is 11.1. The van der Waals surface area contributed by atoms with Crippen LogP contribution in [-0.2, 0) is 6.54 Å². The molecule has 1 heterocycles. The maximum atomic E-state index is 12.9. The molecule has 0 atom stereocenters. The Bertz CT molecular complexity index is 943. The third-order valence-electron chi connectivity index (χ3n) is 4.27. The molecule has 4 rings (SSSR count). The van der Waals surface area contributed by atoms with Crippen LogP contribution in [0.4, 0.5) is 0 Å². The van der Waals surface area contributed by atoms with Gasteiger partial charge in [0.25, 0.3) is 0 Å². The predicted octanol–water partition coefficient (Wildman–Crippen LogP) is 3.46. The Balaban J connectivity index is 2.06. The van der Waals surface area contributed by atoms with E-state index < -0.39 is 0 Å². The van der Waals surface area contributed by atoms with Crippen LogP contribution in [0.2, 0.25) is 5.02 Å². The van der Waals surface area contributed by atoms with Crippen molar-refractivity contribution < 1.29 is 4.79 Å². The van der Waals surface area contributed by atoms with Crippen LogP contribution in [0.15, 0.2) is 36.4 Å². The van der Waals surface area contributed by atoms with E-state index in [2.05, 4.69) is 4.90 Å². The number of hydrogen-bond donors (Lipinski definition) is 0. The highest BCUT2D eigenvalue weighted by Crippen LogP contribution is 2.41. The van der Waals surface area contributed by atoms with Gasteiger partial charge in [0.2, 0.25) is 0 Å². The quantitative estimate of drug-likeness (QED) is 0.579. The lowest BCUT2D eigenvalue weighted by molar-refractivity contribution is 0.104. The summed E-state index contributed by atoms with van der Waals surface area (Å²) in [6, 6.07) is 11.3. The molecule has 5 heteroatoms. The number of carbonyl (C=O) groups excluding carboxylic acids is 1. The SMILES string of the molecule is CN(C)CCn1nc2ccc(Cl)c3c2c1-c1ccccc1C3=O. The minimum Gasteiger partial charge on any atom is -0.308 e. The molecule has 0 spiro atoms. The highest BCUT2D eigenvalue weighted by molar-refractivity contribution is 6.39. The largest absolute Gasteiger partial charge is 0.308 e. The van der Waals surface area contributed by atoms with Gasteiger partial charge in [0.15, 0.2) is 5.78 Å². The Labute approximate surface area is 139 Å². The van der Waals surface area contributed by atoms with Gasteiger partial charge in [0.05, 0.1) is 28.3 Å². The van der Waals surface area contributed by atoms with Crippen LogP contribution < -0.4 is 0 Å². The van der Waals surface area contributed by atoms with Gasteiger partial charge in [0, 0.05) is 23.1 Å². The molecule has 0 saturated carbocycles. The van der Waals surface area contributed by atoms with Gasteiger partial charge in [-0.15, -0.1) is 0 Å². The molecule has 2 aromatic carbocycles. The van der Waals surface area contributed by atoms with E-state index in [4.69, 9.17) is 16.7 Å². The van der Waals surface area contributed by atoms with E-state index in [0.717, 1.165) is 35.2 Å².